The van der Waals surface area contributed by atoms with Gasteiger partial charge >= 0.3 is 5.97 Å². The van der Waals surface area contributed by atoms with Gasteiger partial charge in [-0.15, -0.1) is 0 Å². The van der Waals surface area contributed by atoms with Crippen LogP contribution in [0.2, 0.25) is 0 Å². The summed E-state index contributed by atoms with van der Waals surface area (Å²) in [4.78, 5) is 11.1. The molecule has 0 bridgehead atoms. The van der Waals surface area contributed by atoms with Crippen LogP contribution in [0.5, 0.6) is 5.75 Å². The van der Waals surface area contributed by atoms with E-state index in [1.807, 2.05) is 0 Å². The predicted octanol–water partition coefficient (Wildman–Crippen LogP) is 1.47. The van der Waals surface area contributed by atoms with Crippen molar-refractivity contribution in [2.75, 3.05) is 13.7 Å². The van der Waals surface area contributed by atoms with E-state index in [9.17, 15) is 13.2 Å². The minimum atomic E-state index is -3.66. The molecule has 1 aliphatic rings. The van der Waals surface area contributed by atoms with Gasteiger partial charge in [-0.1, -0.05) is 6.42 Å². The van der Waals surface area contributed by atoms with Crippen molar-refractivity contribution in [3.05, 3.63) is 23.8 Å². The van der Waals surface area contributed by atoms with Gasteiger partial charge in [0.05, 0.1) is 11.5 Å². The van der Waals surface area contributed by atoms with Crippen LogP contribution in [0.4, 0.5) is 0 Å². The Labute approximate surface area is 117 Å². The number of carbonyl (C=O) groups is 1. The molecular weight excluding hydrogens is 282 g/mol. The first-order chi connectivity index (χ1) is 9.44. The van der Waals surface area contributed by atoms with Gasteiger partial charge in [0.1, 0.15) is 11.3 Å². The Hall–Kier alpha value is -1.60. The summed E-state index contributed by atoms with van der Waals surface area (Å²) in [6, 6.07) is 3.85. The molecule has 1 saturated carbocycles. The van der Waals surface area contributed by atoms with Crippen molar-refractivity contribution in [2.45, 2.75) is 24.2 Å². The molecule has 7 heteroatoms. The zero-order valence-electron chi connectivity index (χ0n) is 11.1. The maximum Gasteiger partial charge on any atom is 0.339 e. The van der Waals surface area contributed by atoms with Gasteiger partial charge in [0.15, 0.2) is 0 Å². The number of hydrogen-bond donors (Lipinski definition) is 2. The third-order valence-electron chi connectivity index (χ3n) is 3.46. The largest absolute Gasteiger partial charge is 0.492 e. The van der Waals surface area contributed by atoms with E-state index in [-0.39, 0.29) is 16.2 Å². The highest BCUT2D eigenvalue weighted by atomic mass is 32.2. The molecule has 1 aromatic rings. The van der Waals surface area contributed by atoms with E-state index in [0.717, 1.165) is 18.9 Å². The van der Waals surface area contributed by atoms with Gasteiger partial charge in [-0.3, -0.25) is 0 Å². The molecule has 0 aromatic heterocycles. The van der Waals surface area contributed by atoms with Crippen LogP contribution in [0.1, 0.15) is 29.6 Å². The molecule has 0 spiro atoms. The van der Waals surface area contributed by atoms with Crippen molar-refractivity contribution < 1.29 is 23.1 Å². The van der Waals surface area contributed by atoms with Crippen LogP contribution in [-0.4, -0.2) is 33.1 Å². The van der Waals surface area contributed by atoms with E-state index in [4.69, 9.17) is 9.84 Å². The normalized spacial score (nSPS) is 15.7. The summed E-state index contributed by atoms with van der Waals surface area (Å²) in [7, 11) is -2.39. The number of sulfonamides is 1. The fourth-order valence-electron chi connectivity index (χ4n) is 1.95. The number of carboxylic acid groups (broad SMARTS) is 1. The topological polar surface area (TPSA) is 92.7 Å². The van der Waals surface area contributed by atoms with E-state index >= 15 is 0 Å². The zero-order chi connectivity index (χ0) is 14.8. The Morgan fingerprint density at radius 2 is 2.15 bits per heavy atom. The molecular formula is C13H17NO5S. The van der Waals surface area contributed by atoms with Crippen LogP contribution in [-0.2, 0) is 10.0 Å². The molecule has 0 unspecified atom stereocenters. The van der Waals surface area contributed by atoms with Crippen LogP contribution < -0.4 is 9.46 Å². The standard InChI is InChI=1S/C13H17NO5S/c1-14-20(17,18)10-5-6-12(11(7-10)13(15)16)19-8-9-3-2-4-9/h5-7,9,14H,2-4,8H2,1H3,(H,15,16). The van der Waals surface area contributed by atoms with Gasteiger partial charge in [0.2, 0.25) is 10.0 Å². The SMILES string of the molecule is CNS(=O)(=O)c1ccc(OCC2CCC2)c(C(=O)O)c1. The lowest BCUT2D eigenvalue weighted by Gasteiger charge is -2.25. The van der Waals surface area contributed by atoms with Crippen molar-refractivity contribution in [1.82, 2.24) is 4.72 Å². The molecule has 0 atom stereocenters. The van der Waals surface area contributed by atoms with Gasteiger partial charge in [0.25, 0.3) is 0 Å². The fraction of sp³-hybridized carbons (Fsp3) is 0.462. The molecule has 0 saturated heterocycles. The van der Waals surface area contributed by atoms with Crippen LogP contribution >= 0.6 is 0 Å². The average Bonchev–Trinajstić information content (AvgIpc) is 2.36. The molecule has 20 heavy (non-hydrogen) atoms. The monoisotopic (exact) mass is 299 g/mol. The number of benzene rings is 1. The molecule has 1 fully saturated rings. The first kappa shape index (κ1) is 14.8. The van der Waals surface area contributed by atoms with Crippen molar-refractivity contribution >= 4 is 16.0 Å². The Morgan fingerprint density at radius 1 is 1.45 bits per heavy atom. The highest BCUT2D eigenvalue weighted by Gasteiger charge is 2.21. The van der Waals surface area contributed by atoms with Crippen molar-refractivity contribution in [3.8, 4) is 5.75 Å². The molecule has 0 radical (unpaired) electrons. The van der Waals surface area contributed by atoms with E-state index < -0.39 is 16.0 Å². The van der Waals surface area contributed by atoms with Gasteiger partial charge < -0.3 is 9.84 Å². The fourth-order valence-corrected chi connectivity index (χ4v) is 2.71. The van der Waals surface area contributed by atoms with Crippen LogP contribution in [0.25, 0.3) is 0 Å². The third-order valence-corrected chi connectivity index (χ3v) is 4.87. The Bertz CT molecular complexity index is 607. The van der Waals surface area contributed by atoms with Gasteiger partial charge in [-0.25, -0.2) is 17.9 Å². The number of ether oxygens (including phenoxy) is 1. The molecule has 0 aliphatic heterocycles. The molecule has 110 valence electrons. The average molecular weight is 299 g/mol. The highest BCUT2D eigenvalue weighted by molar-refractivity contribution is 7.89. The quantitative estimate of drug-likeness (QED) is 0.830. The van der Waals surface area contributed by atoms with Crippen LogP contribution in [0, 0.1) is 5.92 Å². The highest BCUT2D eigenvalue weighted by Crippen LogP contribution is 2.29. The summed E-state index contributed by atoms with van der Waals surface area (Å²) in [5, 5.41) is 9.17. The van der Waals surface area contributed by atoms with Crippen LogP contribution in [0.3, 0.4) is 0 Å². The van der Waals surface area contributed by atoms with Gasteiger partial charge in [-0.05, 0) is 44.0 Å². The van der Waals surface area contributed by atoms with E-state index in [0.29, 0.717) is 12.5 Å². The van der Waals surface area contributed by atoms with E-state index in [1.54, 1.807) is 0 Å². The van der Waals surface area contributed by atoms with E-state index in [1.165, 1.54) is 25.6 Å². The maximum absolute atomic E-state index is 11.7. The number of rotatable bonds is 6. The van der Waals surface area contributed by atoms with Crippen molar-refractivity contribution in [3.63, 3.8) is 0 Å². The molecule has 1 aliphatic carbocycles. The smallest absolute Gasteiger partial charge is 0.339 e. The maximum atomic E-state index is 11.7. The summed E-state index contributed by atoms with van der Waals surface area (Å²) >= 11 is 0. The summed E-state index contributed by atoms with van der Waals surface area (Å²) in [6.45, 7) is 0.471. The number of nitrogens with one attached hydrogen (secondary N) is 1. The lowest BCUT2D eigenvalue weighted by molar-refractivity contribution is 0.0689. The molecule has 0 amide bonds. The zero-order valence-corrected chi connectivity index (χ0v) is 11.9. The Kier molecular flexibility index (Phi) is 4.29. The predicted molar refractivity (Wildman–Crippen MR) is 72.5 cm³/mol. The summed E-state index contributed by atoms with van der Waals surface area (Å²) in [6.07, 6.45) is 3.36. The number of carboxylic acids is 1. The van der Waals surface area contributed by atoms with Crippen molar-refractivity contribution in [1.29, 1.82) is 0 Å². The van der Waals surface area contributed by atoms with Gasteiger partial charge in [-0.2, -0.15) is 0 Å². The van der Waals surface area contributed by atoms with Gasteiger partial charge in [0, 0.05) is 0 Å². The molecule has 0 heterocycles. The molecule has 6 nitrogen and oxygen atoms in total. The van der Waals surface area contributed by atoms with Crippen LogP contribution in [0.15, 0.2) is 23.1 Å². The molecule has 1 aromatic carbocycles. The first-order valence-electron chi connectivity index (χ1n) is 6.37. The molecule has 2 rings (SSSR count). The van der Waals surface area contributed by atoms with E-state index in [2.05, 4.69) is 4.72 Å². The second-order valence-electron chi connectivity index (χ2n) is 4.78. The molecule has 2 N–H and O–H groups in total. The minimum Gasteiger partial charge on any atom is -0.492 e. The number of hydrogen-bond acceptors (Lipinski definition) is 4. The number of aromatic carboxylic acids is 1. The summed E-state index contributed by atoms with van der Waals surface area (Å²) < 4.78 is 31.0. The summed E-state index contributed by atoms with van der Waals surface area (Å²) in [5.41, 5.74) is -0.138. The second-order valence-corrected chi connectivity index (χ2v) is 6.67. The minimum absolute atomic E-state index is 0.0894. The lowest BCUT2D eigenvalue weighted by Crippen LogP contribution is -2.21. The first-order valence-corrected chi connectivity index (χ1v) is 7.86. The third kappa shape index (κ3) is 3.10. The Morgan fingerprint density at radius 3 is 2.65 bits per heavy atom. The second kappa shape index (κ2) is 5.80. The summed E-state index contributed by atoms with van der Waals surface area (Å²) in [5.74, 6) is -0.529. The Balaban J connectivity index is 2.25. The van der Waals surface area contributed by atoms with Crippen molar-refractivity contribution in [2.24, 2.45) is 5.92 Å². The lowest BCUT2D eigenvalue weighted by atomic mass is 9.86.